The van der Waals surface area contributed by atoms with E-state index < -0.39 is 22.5 Å². The predicted octanol–water partition coefficient (Wildman–Crippen LogP) is 2.74. The Morgan fingerprint density at radius 2 is 2.20 bits per heavy atom. The summed E-state index contributed by atoms with van der Waals surface area (Å²) in [4.78, 5) is 25.0. The lowest BCUT2D eigenvalue weighted by molar-refractivity contribution is -0.387. The monoisotopic (exact) mass is 277 g/mol. The minimum absolute atomic E-state index is 0.0481. The van der Waals surface area contributed by atoms with Gasteiger partial charge in [0.1, 0.15) is 0 Å². The predicted molar refractivity (Wildman–Crippen MR) is 66.9 cm³/mol. The first kappa shape index (κ1) is 13.4. The Hall–Kier alpha value is -3.03. The second-order valence-electron chi connectivity index (χ2n) is 3.63. The minimum Gasteiger partial charge on any atom is -0.408 e. The Balaban J connectivity index is 2.08. The van der Waals surface area contributed by atoms with E-state index in [9.17, 15) is 19.3 Å². The summed E-state index contributed by atoms with van der Waals surface area (Å²) in [6, 6.07) is 6.07. The first-order valence-corrected chi connectivity index (χ1v) is 5.39. The second-order valence-corrected chi connectivity index (χ2v) is 3.63. The topological polar surface area (TPSA) is 94.4 Å². The number of nitrogens with one attached hydrogen (secondary N) is 1. The molecule has 1 aromatic heterocycles. The summed E-state index contributed by atoms with van der Waals surface area (Å²) in [6.07, 6.45) is 1.97. The molecular formula is C12H8FN3O4. The molecule has 0 fully saturated rings. The van der Waals surface area contributed by atoms with Gasteiger partial charge in [0.2, 0.25) is 5.82 Å². The van der Waals surface area contributed by atoms with Gasteiger partial charge in [0.25, 0.3) is 0 Å². The maximum Gasteiger partial charge on any atom is 0.417 e. The number of anilines is 1. The number of halogens is 1. The van der Waals surface area contributed by atoms with Crippen molar-refractivity contribution in [2.75, 3.05) is 5.32 Å². The molecule has 0 bridgehead atoms. The van der Waals surface area contributed by atoms with Gasteiger partial charge in [-0.1, -0.05) is 0 Å². The van der Waals surface area contributed by atoms with Crippen LogP contribution >= 0.6 is 0 Å². The summed E-state index contributed by atoms with van der Waals surface area (Å²) in [5.41, 5.74) is -0.684. The minimum atomic E-state index is -0.985. The quantitative estimate of drug-likeness (QED) is 0.687. The zero-order chi connectivity index (χ0) is 14.5. The number of pyridine rings is 1. The van der Waals surface area contributed by atoms with Gasteiger partial charge >= 0.3 is 11.8 Å². The molecule has 0 aliphatic rings. The van der Waals surface area contributed by atoms with Crippen LogP contribution in [0.25, 0.3) is 0 Å². The van der Waals surface area contributed by atoms with E-state index in [1.807, 2.05) is 0 Å². The third kappa shape index (κ3) is 3.25. The van der Waals surface area contributed by atoms with E-state index in [1.54, 1.807) is 6.07 Å². The fourth-order valence-corrected chi connectivity index (χ4v) is 1.39. The van der Waals surface area contributed by atoms with Crippen molar-refractivity contribution >= 4 is 17.5 Å². The Morgan fingerprint density at radius 1 is 1.40 bits per heavy atom. The van der Waals surface area contributed by atoms with Gasteiger partial charge < -0.3 is 4.74 Å². The summed E-state index contributed by atoms with van der Waals surface area (Å²) in [7, 11) is 0. The number of hydrogen-bond acceptors (Lipinski definition) is 5. The fourth-order valence-electron chi connectivity index (χ4n) is 1.39. The Kier molecular flexibility index (Phi) is 3.85. The van der Waals surface area contributed by atoms with Crippen LogP contribution in [0, 0.1) is 15.9 Å². The van der Waals surface area contributed by atoms with Crippen LogP contribution in [-0.2, 0) is 0 Å². The highest BCUT2D eigenvalue weighted by atomic mass is 19.1. The third-order valence-corrected chi connectivity index (χ3v) is 2.23. The van der Waals surface area contributed by atoms with Gasteiger partial charge in [-0.15, -0.1) is 0 Å². The SMILES string of the molecule is O=C(Nc1ccc(F)c([N+](=O)[O-])c1)Oc1cccnc1. The van der Waals surface area contributed by atoms with E-state index in [2.05, 4.69) is 10.3 Å². The maximum absolute atomic E-state index is 13.1. The summed E-state index contributed by atoms with van der Waals surface area (Å²) >= 11 is 0. The highest BCUT2D eigenvalue weighted by Crippen LogP contribution is 2.21. The van der Waals surface area contributed by atoms with Crippen molar-refractivity contribution < 1.29 is 18.8 Å². The Bertz CT molecular complexity index is 648. The molecule has 0 unspecified atom stereocenters. The summed E-state index contributed by atoms with van der Waals surface area (Å²) in [5, 5.41) is 12.8. The number of ether oxygens (including phenoxy) is 1. The molecule has 1 N–H and O–H groups in total. The first-order chi connectivity index (χ1) is 9.56. The third-order valence-electron chi connectivity index (χ3n) is 2.23. The van der Waals surface area contributed by atoms with Gasteiger partial charge in [-0.25, -0.2) is 4.79 Å². The van der Waals surface area contributed by atoms with E-state index in [4.69, 9.17) is 4.74 Å². The molecule has 0 spiro atoms. The number of nitro groups is 1. The van der Waals surface area contributed by atoms with Crippen molar-refractivity contribution in [3.05, 3.63) is 58.7 Å². The van der Waals surface area contributed by atoms with Gasteiger partial charge in [0, 0.05) is 12.3 Å². The average Bonchev–Trinajstić information content (AvgIpc) is 2.41. The van der Waals surface area contributed by atoms with Gasteiger partial charge in [-0.3, -0.25) is 20.4 Å². The second kappa shape index (κ2) is 5.74. The summed E-state index contributed by atoms with van der Waals surface area (Å²) < 4.78 is 18.0. The molecule has 20 heavy (non-hydrogen) atoms. The van der Waals surface area contributed by atoms with Crippen molar-refractivity contribution in [1.82, 2.24) is 4.98 Å². The molecule has 2 aromatic rings. The molecule has 8 heteroatoms. The van der Waals surface area contributed by atoms with Crippen LogP contribution in [-0.4, -0.2) is 16.0 Å². The van der Waals surface area contributed by atoms with Crippen LogP contribution in [0.1, 0.15) is 0 Å². The van der Waals surface area contributed by atoms with Crippen molar-refractivity contribution in [2.45, 2.75) is 0 Å². The molecule has 102 valence electrons. The van der Waals surface area contributed by atoms with Crippen LogP contribution in [0.3, 0.4) is 0 Å². The average molecular weight is 277 g/mol. The molecule has 0 saturated heterocycles. The van der Waals surface area contributed by atoms with Crippen molar-refractivity contribution in [2.24, 2.45) is 0 Å². The summed E-state index contributed by atoms with van der Waals surface area (Å²) in [6.45, 7) is 0. The van der Waals surface area contributed by atoms with Crippen molar-refractivity contribution in [1.29, 1.82) is 0 Å². The smallest absolute Gasteiger partial charge is 0.408 e. The molecule has 0 aliphatic carbocycles. The fraction of sp³-hybridized carbons (Fsp3) is 0. The van der Waals surface area contributed by atoms with Gasteiger partial charge in [0.05, 0.1) is 16.8 Å². The number of hydrogen-bond donors (Lipinski definition) is 1. The van der Waals surface area contributed by atoms with Crippen LogP contribution in [0.2, 0.25) is 0 Å². The molecule has 0 aliphatic heterocycles. The largest absolute Gasteiger partial charge is 0.417 e. The molecule has 0 atom stereocenters. The Morgan fingerprint density at radius 3 is 2.85 bits per heavy atom. The molecular weight excluding hydrogens is 269 g/mol. The van der Waals surface area contributed by atoms with E-state index in [-0.39, 0.29) is 11.4 Å². The standard InChI is InChI=1S/C12H8FN3O4/c13-10-4-3-8(6-11(10)16(18)19)15-12(17)20-9-2-1-5-14-7-9/h1-7H,(H,15,17). The number of carbonyl (C=O) groups is 1. The number of aromatic nitrogens is 1. The Labute approximate surface area is 112 Å². The first-order valence-electron chi connectivity index (χ1n) is 5.39. The molecule has 7 nitrogen and oxygen atoms in total. The molecule has 0 radical (unpaired) electrons. The molecule has 0 saturated carbocycles. The van der Waals surface area contributed by atoms with Crippen molar-refractivity contribution in [3.63, 3.8) is 0 Å². The van der Waals surface area contributed by atoms with Crippen molar-refractivity contribution in [3.8, 4) is 5.75 Å². The molecule has 2 rings (SSSR count). The number of benzene rings is 1. The van der Waals surface area contributed by atoms with E-state index in [0.717, 1.165) is 12.1 Å². The molecule has 1 aromatic carbocycles. The van der Waals surface area contributed by atoms with Gasteiger partial charge in [-0.05, 0) is 24.3 Å². The van der Waals surface area contributed by atoms with Gasteiger partial charge in [-0.2, -0.15) is 4.39 Å². The van der Waals surface area contributed by atoms with E-state index in [0.29, 0.717) is 0 Å². The zero-order valence-electron chi connectivity index (χ0n) is 9.95. The molecule has 1 heterocycles. The van der Waals surface area contributed by atoms with Crippen LogP contribution in [0.4, 0.5) is 20.6 Å². The number of nitro benzene ring substituents is 1. The number of amides is 1. The van der Waals surface area contributed by atoms with Crippen LogP contribution in [0.15, 0.2) is 42.7 Å². The lowest BCUT2D eigenvalue weighted by atomic mass is 10.2. The van der Waals surface area contributed by atoms with E-state index >= 15 is 0 Å². The number of rotatable bonds is 3. The van der Waals surface area contributed by atoms with E-state index in [1.165, 1.54) is 24.5 Å². The highest BCUT2D eigenvalue weighted by molar-refractivity contribution is 5.86. The lowest BCUT2D eigenvalue weighted by Gasteiger charge is -2.06. The molecule has 1 amide bonds. The highest BCUT2D eigenvalue weighted by Gasteiger charge is 2.15. The van der Waals surface area contributed by atoms with Crippen LogP contribution in [0.5, 0.6) is 5.75 Å². The zero-order valence-corrected chi connectivity index (χ0v) is 9.95. The van der Waals surface area contributed by atoms with Crippen LogP contribution < -0.4 is 10.1 Å². The maximum atomic E-state index is 13.1. The number of nitrogens with zero attached hydrogens (tertiary/aromatic N) is 2. The summed E-state index contributed by atoms with van der Waals surface area (Å²) in [5.74, 6) is -0.775. The number of carbonyl (C=O) groups excluding carboxylic acids is 1. The van der Waals surface area contributed by atoms with Gasteiger partial charge in [0.15, 0.2) is 5.75 Å². The lowest BCUT2D eigenvalue weighted by Crippen LogP contribution is -2.16. The normalized spacial score (nSPS) is 9.85.